The summed E-state index contributed by atoms with van der Waals surface area (Å²) >= 11 is 0. The Morgan fingerprint density at radius 3 is 1.32 bits per heavy atom. The summed E-state index contributed by atoms with van der Waals surface area (Å²) < 4.78 is 5.56. The van der Waals surface area contributed by atoms with Crippen LogP contribution in [0.2, 0.25) is 0 Å². The van der Waals surface area contributed by atoms with Crippen LogP contribution in [0, 0.1) is 0 Å². The van der Waals surface area contributed by atoms with Gasteiger partial charge in [-0.05, 0) is 44.9 Å². The minimum atomic E-state index is -0.880. The first-order valence-electron chi connectivity index (χ1n) is 18.2. The van der Waals surface area contributed by atoms with Crippen LogP contribution < -0.4 is 0 Å². The van der Waals surface area contributed by atoms with Gasteiger partial charge in [-0.15, -0.1) is 0 Å². The number of unbranched alkanes of at least 4 members (excludes halogenated alkanes) is 24. The van der Waals surface area contributed by atoms with Gasteiger partial charge in [0.25, 0.3) is 0 Å². The van der Waals surface area contributed by atoms with Gasteiger partial charge in [0.15, 0.2) is 0 Å². The van der Waals surface area contributed by atoms with Gasteiger partial charge in [0.2, 0.25) is 0 Å². The van der Waals surface area contributed by atoms with E-state index in [4.69, 9.17) is 4.74 Å². The monoisotopic (exact) mass is 579 g/mol. The third-order valence-corrected chi connectivity index (χ3v) is 8.22. The highest BCUT2D eigenvalue weighted by molar-refractivity contribution is 5.71. The zero-order chi connectivity index (χ0) is 30.1. The average Bonchev–Trinajstić information content (AvgIpc) is 2.95. The Labute approximate surface area is 255 Å². The highest BCUT2D eigenvalue weighted by Crippen LogP contribution is 2.17. The molecular formula is C37H70O4. The topological polar surface area (TPSA) is 63.6 Å². The largest absolute Gasteiger partial charge is 0.481 e. The fourth-order valence-corrected chi connectivity index (χ4v) is 5.55. The first kappa shape index (κ1) is 39.7. The molecule has 1 unspecified atom stereocenters. The fraction of sp³-hybridized carbons (Fsp3) is 0.892. The van der Waals surface area contributed by atoms with Crippen LogP contribution in [-0.2, 0) is 14.3 Å². The van der Waals surface area contributed by atoms with Crippen LogP contribution in [0.3, 0.4) is 0 Å². The number of rotatable bonds is 33. The zero-order valence-electron chi connectivity index (χ0n) is 27.6. The number of allylic oxidation sites excluding steroid dienone is 2. The Kier molecular flexibility index (Phi) is 32.1. The molecule has 1 atom stereocenters. The van der Waals surface area contributed by atoms with Crippen molar-refractivity contribution < 1.29 is 19.4 Å². The van der Waals surface area contributed by atoms with Crippen LogP contribution in [0.1, 0.15) is 206 Å². The van der Waals surface area contributed by atoms with Gasteiger partial charge < -0.3 is 9.84 Å². The van der Waals surface area contributed by atoms with Crippen molar-refractivity contribution in [1.29, 1.82) is 0 Å². The van der Waals surface area contributed by atoms with Crippen LogP contribution in [0.25, 0.3) is 0 Å². The van der Waals surface area contributed by atoms with E-state index >= 15 is 0 Å². The van der Waals surface area contributed by atoms with Crippen LogP contribution in [0.4, 0.5) is 0 Å². The molecular weight excluding hydrogens is 508 g/mol. The van der Waals surface area contributed by atoms with Crippen molar-refractivity contribution in [3.05, 3.63) is 12.2 Å². The summed E-state index contributed by atoms with van der Waals surface area (Å²) in [4.78, 5) is 23.5. The zero-order valence-corrected chi connectivity index (χ0v) is 27.6. The van der Waals surface area contributed by atoms with Gasteiger partial charge in [-0.3, -0.25) is 9.59 Å². The predicted octanol–water partition coefficient (Wildman–Crippen LogP) is 12.3. The second kappa shape index (κ2) is 33.2. The Morgan fingerprint density at radius 1 is 0.537 bits per heavy atom. The number of carboxylic acids is 1. The SMILES string of the molecule is CCCCCCCC/C=C\CCCCCCCCCCCC(=O)OC(CCCCCCCCCCCC)CC(=O)O. The van der Waals surface area contributed by atoms with Gasteiger partial charge in [-0.25, -0.2) is 0 Å². The lowest BCUT2D eigenvalue weighted by Crippen LogP contribution is -2.21. The second-order valence-corrected chi connectivity index (χ2v) is 12.4. The number of hydrogen-bond acceptors (Lipinski definition) is 3. The van der Waals surface area contributed by atoms with E-state index in [1.54, 1.807) is 0 Å². The Balaban J connectivity index is 3.60. The van der Waals surface area contributed by atoms with Crippen molar-refractivity contribution in [2.75, 3.05) is 0 Å². The summed E-state index contributed by atoms with van der Waals surface area (Å²) in [6.45, 7) is 4.52. The van der Waals surface area contributed by atoms with E-state index in [2.05, 4.69) is 26.0 Å². The average molecular weight is 579 g/mol. The number of carboxylic acid groups (broad SMARTS) is 1. The van der Waals surface area contributed by atoms with E-state index in [0.717, 1.165) is 25.7 Å². The summed E-state index contributed by atoms with van der Waals surface area (Å²) in [5.41, 5.74) is 0. The number of ether oxygens (including phenoxy) is 1. The molecule has 242 valence electrons. The molecule has 0 spiro atoms. The highest BCUT2D eigenvalue weighted by atomic mass is 16.5. The van der Waals surface area contributed by atoms with E-state index in [9.17, 15) is 14.7 Å². The molecule has 4 nitrogen and oxygen atoms in total. The maximum Gasteiger partial charge on any atom is 0.307 e. The van der Waals surface area contributed by atoms with Crippen LogP contribution in [-0.4, -0.2) is 23.1 Å². The molecule has 0 amide bonds. The van der Waals surface area contributed by atoms with E-state index in [-0.39, 0.29) is 12.4 Å². The molecule has 41 heavy (non-hydrogen) atoms. The maximum absolute atomic E-state index is 12.3. The lowest BCUT2D eigenvalue weighted by molar-refractivity contribution is -0.153. The first-order chi connectivity index (χ1) is 20.1. The van der Waals surface area contributed by atoms with Crippen molar-refractivity contribution in [3.63, 3.8) is 0 Å². The highest BCUT2D eigenvalue weighted by Gasteiger charge is 2.17. The summed E-state index contributed by atoms with van der Waals surface area (Å²) in [7, 11) is 0. The number of hydrogen-bond donors (Lipinski definition) is 1. The van der Waals surface area contributed by atoms with Gasteiger partial charge in [-0.1, -0.05) is 161 Å². The Bertz CT molecular complexity index is 585. The standard InChI is InChI=1S/C37H70O4/c1-3-5-7-9-11-13-15-16-17-18-19-20-21-22-23-25-27-29-31-33-37(40)41-35(34-36(38)39)32-30-28-26-24-14-12-10-8-6-4-2/h16-17,35H,3-15,18-34H2,1-2H3,(H,38,39)/b17-16-. The normalized spacial score (nSPS) is 12.2. The van der Waals surface area contributed by atoms with Crippen molar-refractivity contribution in [2.24, 2.45) is 0 Å². The Morgan fingerprint density at radius 2 is 0.902 bits per heavy atom. The first-order valence-corrected chi connectivity index (χ1v) is 18.2. The van der Waals surface area contributed by atoms with Gasteiger partial charge in [0.05, 0.1) is 6.42 Å². The van der Waals surface area contributed by atoms with Crippen LogP contribution in [0.15, 0.2) is 12.2 Å². The van der Waals surface area contributed by atoms with Gasteiger partial charge >= 0.3 is 11.9 Å². The summed E-state index contributed by atoms with van der Waals surface area (Å²) in [6.07, 6.45) is 39.5. The third kappa shape index (κ3) is 33.1. The molecule has 0 heterocycles. The number of esters is 1. The molecule has 0 saturated carbocycles. The molecule has 1 N–H and O–H groups in total. The molecule has 0 rings (SSSR count). The Hall–Kier alpha value is -1.32. The van der Waals surface area contributed by atoms with Crippen LogP contribution >= 0.6 is 0 Å². The summed E-state index contributed by atoms with van der Waals surface area (Å²) in [5, 5.41) is 9.21. The van der Waals surface area contributed by atoms with Gasteiger partial charge in [0.1, 0.15) is 6.10 Å². The predicted molar refractivity (Wildman–Crippen MR) is 177 cm³/mol. The second-order valence-electron chi connectivity index (χ2n) is 12.4. The van der Waals surface area contributed by atoms with Gasteiger partial charge in [-0.2, -0.15) is 0 Å². The number of carbonyl (C=O) groups is 2. The fourth-order valence-electron chi connectivity index (χ4n) is 5.55. The molecule has 0 aliphatic heterocycles. The van der Waals surface area contributed by atoms with E-state index in [0.29, 0.717) is 12.8 Å². The molecule has 0 fully saturated rings. The van der Waals surface area contributed by atoms with Crippen molar-refractivity contribution >= 4 is 11.9 Å². The van der Waals surface area contributed by atoms with Gasteiger partial charge in [0, 0.05) is 6.42 Å². The third-order valence-electron chi connectivity index (χ3n) is 8.22. The van der Waals surface area contributed by atoms with Crippen molar-refractivity contribution in [2.45, 2.75) is 213 Å². The van der Waals surface area contributed by atoms with E-state index in [1.165, 1.54) is 148 Å². The quantitative estimate of drug-likeness (QED) is 0.0478. The van der Waals surface area contributed by atoms with E-state index < -0.39 is 12.1 Å². The molecule has 0 bridgehead atoms. The molecule has 0 aliphatic carbocycles. The molecule has 4 heteroatoms. The maximum atomic E-state index is 12.3. The minimum absolute atomic E-state index is 0.0708. The lowest BCUT2D eigenvalue weighted by Gasteiger charge is -2.16. The molecule has 0 aromatic heterocycles. The van der Waals surface area contributed by atoms with Crippen molar-refractivity contribution in [1.82, 2.24) is 0 Å². The minimum Gasteiger partial charge on any atom is -0.481 e. The lowest BCUT2D eigenvalue weighted by atomic mass is 10.0. The van der Waals surface area contributed by atoms with Crippen LogP contribution in [0.5, 0.6) is 0 Å². The molecule has 0 aliphatic rings. The smallest absolute Gasteiger partial charge is 0.307 e. The van der Waals surface area contributed by atoms with E-state index in [1.807, 2.05) is 0 Å². The molecule has 0 aromatic rings. The molecule has 0 aromatic carbocycles. The molecule has 0 radical (unpaired) electrons. The molecule has 0 saturated heterocycles. The number of aliphatic carboxylic acids is 1. The summed E-state index contributed by atoms with van der Waals surface area (Å²) in [5.74, 6) is -1.10. The number of carbonyl (C=O) groups excluding carboxylic acids is 1. The van der Waals surface area contributed by atoms with Crippen molar-refractivity contribution in [3.8, 4) is 0 Å². The summed E-state index contributed by atoms with van der Waals surface area (Å²) in [6, 6.07) is 0.